The van der Waals surface area contributed by atoms with Gasteiger partial charge in [-0.2, -0.15) is 13.2 Å². The predicted octanol–water partition coefficient (Wildman–Crippen LogP) is 6.27. The number of halogens is 4. The maximum absolute atomic E-state index is 12.9. The summed E-state index contributed by atoms with van der Waals surface area (Å²) in [5.41, 5.74) is -0.652. The molecule has 1 unspecified atom stereocenters. The van der Waals surface area contributed by atoms with Crippen LogP contribution >= 0.6 is 23.8 Å². The first kappa shape index (κ1) is 24.0. The molecule has 0 aliphatic rings. The number of alkyl halides is 3. The summed E-state index contributed by atoms with van der Waals surface area (Å²) in [7, 11) is 0. The predicted molar refractivity (Wildman–Crippen MR) is 109 cm³/mol. The van der Waals surface area contributed by atoms with E-state index in [4.69, 9.17) is 28.6 Å². The first-order chi connectivity index (χ1) is 12.8. The number of thiocarbonyl (C=S) groups is 1. The van der Waals surface area contributed by atoms with Gasteiger partial charge in [0.25, 0.3) is 0 Å². The second-order valence-corrected chi connectivity index (χ2v) is 7.23. The number of anilines is 1. The fraction of sp³-hybridized carbons (Fsp3) is 0.632. The lowest BCUT2D eigenvalue weighted by atomic mass is 10.0. The van der Waals surface area contributed by atoms with E-state index in [1.165, 1.54) is 31.4 Å². The van der Waals surface area contributed by atoms with Crippen LogP contribution in [-0.2, 0) is 10.9 Å². The van der Waals surface area contributed by atoms with Gasteiger partial charge in [-0.15, -0.1) is 0 Å². The standard InChI is InChI=1S/C19H28ClF3N2OS/c1-3-5-7-14(4-2)13-26-11-6-10-24-18(27)25-15-8-9-17(20)16(12-15)19(21,22)23/h8-9,12,14H,3-7,10-11,13H2,1-2H3,(H2,24,25,27). The summed E-state index contributed by atoms with van der Waals surface area (Å²) in [5.74, 6) is 0.605. The van der Waals surface area contributed by atoms with E-state index in [1.54, 1.807) is 0 Å². The molecule has 1 aromatic carbocycles. The van der Waals surface area contributed by atoms with Gasteiger partial charge >= 0.3 is 6.18 Å². The van der Waals surface area contributed by atoms with E-state index in [0.717, 1.165) is 25.5 Å². The van der Waals surface area contributed by atoms with Crippen molar-refractivity contribution in [2.45, 2.75) is 52.1 Å². The molecule has 0 aliphatic carbocycles. The summed E-state index contributed by atoms with van der Waals surface area (Å²) in [6.07, 6.45) is 0.996. The zero-order valence-corrected chi connectivity index (χ0v) is 17.4. The highest BCUT2D eigenvalue weighted by molar-refractivity contribution is 7.80. The Hall–Kier alpha value is -1.05. The Kier molecular flexibility index (Phi) is 11.0. The largest absolute Gasteiger partial charge is 0.417 e. The molecule has 0 saturated heterocycles. The molecule has 0 aliphatic heterocycles. The summed E-state index contributed by atoms with van der Waals surface area (Å²) < 4.78 is 44.3. The van der Waals surface area contributed by atoms with E-state index in [9.17, 15) is 13.2 Å². The average Bonchev–Trinajstić information content (AvgIpc) is 2.61. The quantitative estimate of drug-likeness (QED) is 0.324. The highest BCUT2D eigenvalue weighted by Crippen LogP contribution is 2.36. The molecule has 0 radical (unpaired) electrons. The number of unbranched alkanes of at least 4 members (excludes halogenated alkanes) is 1. The smallest absolute Gasteiger partial charge is 0.381 e. The van der Waals surface area contributed by atoms with Crippen LogP contribution in [0.15, 0.2) is 18.2 Å². The summed E-state index contributed by atoms with van der Waals surface area (Å²) in [5, 5.41) is 5.63. The third kappa shape index (κ3) is 9.63. The molecule has 1 rings (SSSR count). The minimum Gasteiger partial charge on any atom is -0.381 e. The maximum Gasteiger partial charge on any atom is 0.417 e. The molecule has 3 nitrogen and oxygen atoms in total. The molecule has 2 N–H and O–H groups in total. The Balaban J connectivity index is 2.28. The van der Waals surface area contributed by atoms with Crippen molar-refractivity contribution < 1.29 is 17.9 Å². The summed E-state index contributed by atoms with van der Waals surface area (Å²) >= 11 is 10.7. The molecular formula is C19H28ClF3N2OS. The Morgan fingerprint density at radius 1 is 1.26 bits per heavy atom. The van der Waals surface area contributed by atoms with E-state index in [1.807, 2.05) is 0 Å². The van der Waals surface area contributed by atoms with Gasteiger partial charge in [0, 0.05) is 25.4 Å². The van der Waals surface area contributed by atoms with Crippen molar-refractivity contribution in [3.05, 3.63) is 28.8 Å². The van der Waals surface area contributed by atoms with Crippen LogP contribution in [0.4, 0.5) is 18.9 Å². The number of nitrogens with one attached hydrogen (secondary N) is 2. The number of hydrogen-bond donors (Lipinski definition) is 2. The Morgan fingerprint density at radius 2 is 2.00 bits per heavy atom. The summed E-state index contributed by atoms with van der Waals surface area (Å²) in [4.78, 5) is 0. The van der Waals surface area contributed by atoms with Crippen molar-refractivity contribution in [1.82, 2.24) is 5.32 Å². The molecule has 1 aromatic rings. The first-order valence-electron chi connectivity index (χ1n) is 9.27. The van der Waals surface area contributed by atoms with E-state index >= 15 is 0 Å². The van der Waals surface area contributed by atoms with Gasteiger partial charge in [0.15, 0.2) is 5.11 Å². The second kappa shape index (κ2) is 12.4. The summed E-state index contributed by atoms with van der Waals surface area (Å²) in [6.45, 7) is 6.33. The van der Waals surface area contributed by atoms with Gasteiger partial charge in [0.2, 0.25) is 0 Å². The lowest BCUT2D eigenvalue weighted by Gasteiger charge is -2.15. The zero-order valence-electron chi connectivity index (χ0n) is 15.8. The van der Waals surface area contributed by atoms with Crippen molar-refractivity contribution in [2.24, 2.45) is 5.92 Å². The van der Waals surface area contributed by atoms with E-state index in [-0.39, 0.29) is 15.8 Å². The molecule has 154 valence electrons. The van der Waals surface area contributed by atoms with Gasteiger partial charge in [-0.05, 0) is 49.2 Å². The van der Waals surface area contributed by atoms with Crippen molar-refractivity contribution >= 4 is 34.6 Å². The van der Waals surface area contributed by atoms with Gasteiger partial charge in [0.1, 0.15) is 0 Å². The Labute approximate surface area is 170 Å². The van der Waals surface area contributed by atoms with Crippen LogP contribution in [0.5, 0.6) is 0 Å². The third-order valence-corrected chi connectivity index (χ3v) is 4.75. The fourth-order valence-corrected chi connectivity index (χ4v) is 2.96. The van der Waals surface area contributed by atoms with Gasteiger partial charge in [-0.3, -0.25) is 0 Å². The molecule has 8 heteroatoms. The monoisotopic (exact) mass is 424 g/mol. The number of rotatable bonds is 11. The molecule has 0 heterocycles. The number of hydrogen-bond acceptors (Lipinski definition) is 2. The van der Waals surface area contributed by atoms with Gasteiger partial charge in [-0.25, -0.2) is 0 Å². The van der Waals surface area contributed by atoms with E-state index in [2.05, 4.69) is 24.5 Å². The second-order valence-electron chi connectivity index (χ2n) is 6.42. The minimum absolute atomic E-state index is 0.238. The van der Waals surface area contributed by atoms with Gasteiger partial charge in [0.05, 0.1) is 10.6 Å². The van der Waals surface area contributed by atoms with Crippen molar-refractivity contribution in [3.8, 4) is 0 Å². The highest BCUT2D eigenvalue weighted by atomic mass is 35.5. The van der Waals surface area contributed by atoms with Crippen LogP contribution in [0.3, 0.4) is 0 Å². The SMILES string of the molecule is CCCCC(CC)COCCCNC(=S)Nc1ccc(Cl)c(C(F)(F)F)c1. The molecule has 0 spiro atoms. The molecule has 27 heavy (non-hydrogen) atoms. The third-order valence-electron chi connectivity index (χ3n) is 4.18. The average molecular weight is 425 g/mol. The van der Waals surface area contributed by atoms with Crippen LogP contribution in [0.1, 0.15) is 51.5 Å². The lowest BCUT2D eigenvalue weighted by molar-refractivity contribution is -0.137. The van der Waals surface area contributed by atoms with Crippen molar-refractivity contribution in [3.63, 3.8) is 0 Å². The van der Waals surface area contributed by atoms with E-state index < -0.39 is 11.7 Å². The number of ether oxygens (including phenoxy) is 1. The van der Waals surface area contributed by atoms with Crippen LogP contribution in [0, 0.1) is 5.92 Å². The van der Waals surface area contributed by atoms with Gasteiger partial charge < -0.3 is 15.4 Å². The first-order valence-corrected chi connectivity index (χ1v) is 10.1. The topological polar surface area (TPSA) is 33.3 Å². The zero-order chi connectivity index (χ0) is 20.3. The van der Waals surface area contributed by atoms with Crippen LogP contribution < -0.4 is 10.6 Å². The molecule has 1 atom stereocenters. The number of benzene rings is 1. The van der Waals surface area contributed by atoms with E-state index in [0.29, 0.717) is 19.1 Å². The molecule has 0 fully saturated rings. The van der Waals surface area contributed by atoms with Crippen molar-refractivity contribution in [2.75, 3.05) is 25.1 Å². The molecule has 0 amide bonds. The van der Waals surface area contributed by atoms with Gasteiger partial charge in [-0.1, -0.05) is 44.7 Å². The Bertz CT molecular complexity index is 585. The van der Waals surface area contributed by atoms with Crippen LogP contribution in [-0.4, -0.2) is 24.9 Å². The molecule has 0 aromatic heterocycles. The molecular weight excluding hydrogens is 397 g/mol. The fourth-order valence-electron chi connectivity index (χ4n) is 2.52. The van der Waals surface area contributed by atoms with Crippen LogP contribution in [0.25, 0.3) is 0 Å². The van der Waals surface area contributed by atoms with Crippen LogP contribution in [0.2, 0.25) is 5.02 Å². The Morgan fingerprint density at radius 3 is 2.63 bits per heavy atom. The highest BCUT2D eigenvalue weighted by Gasteiger charge is 2.33. The normalized spacial score (nSPS) is 12.7. The maximum atomic E-state index is 12.9. The minimum atomic E-state index is -4.51. The molecule has 0 saturated carbocycles. The summed E-state index contributed by atoms with van der Waals surface area (Å²) in [6, 6.07) is 3.60. The van der Waals surface area contributed by atoms with Crippen molar-refractivity contribution in [1.29, 1.82) is 0 Å². The molecule has 0 bridgehead atoms. The lowest BCUT2D eigenvalue weighted by Crippen LogP contribution is -2.30.